The summed E-state index contributed by atoms with van der Waals surface area (Å²) >= 11 is 0. The molecule has 0 amide bonds. The third kappa shape index (κ3) is 8.99. The molecule has 0 radical (unpaired) electrons. The molecule has 162 valence electrons. The zero-order chi connectivity index (χ0) is 20.2. The zero-order valence-corrected chi connectivity index (χ0v) is 20.1. The van der Waals surface area contributed by atoms with E-state index >= 15 is 0 Å². The second-order valence-corrected chi connectivity index (χ2v) is 6.42. The number of benzene rings is 1. The molecule has 0 aliphatic heterocycles. The lowest BCUT2D eigenvalue weighted by atomic mass is 10.3. The van der Waals surface area contributed by atoms with E-state index in [-0.39, 0.29) is 24.0 Å². The molecule has 1 aromatic heterocycles. The standard InChI is InChI=1S/C20H32N6O2.HI/c1-5-27-14-9-12-21-20(22-16-19-24-23-17(2)26(19)4)25(3)13-15-28-18-10-7-6-8-11-18;/h6-8,10-11H,5,9,12-16H2,1-4H3,(H,21,22);1H. The second kappa shape index (κ2) is 14.2. The Morgan fingerprint density at radius 3 is 2.62 bits per heavy atom. The monoisotopic (exact) mass is 516 g/mol. The Balaban J connectivity index is 0.00000420. The number of hydrogen-bond donors (Lipinski definition) is 1. The molecule has 1 N–H and O–H groups in total. The Labute approximate surface area is 190 Å². The number of hydrogen-bond acceptors (Lipinski definition) is 5. The van der Waals surface area contributed by atoms with Crippen molar-refractivity contribution in [1.82, 2.24) is 25.0 Å². The van der Waals surface area contributed by atoms with E-state index in [1.165, 1.54) is 0 Å². The van der Waals surface area contributed by atoms with Gasteiger partial charge in [0.05, 0.1) is 6.54 Å². The first kappa shape index (κ1) is 25.2. The molecule has 2 rings (SSSR count). The Hall–Kier alpha value is -1.88. The SMILES string of the molecule is CCOCCCNC(=NCc1nnc(C)n1C)N(C)CCOc1ccccc1.I. The van der Waals surface area contributed by atoms with Gasteiger partial charge in [0.15, 0.2) is 11.8 Å². The van der Waals surface area contributed by atoms with Gasteiger partial charge in [0.25, 0.3) is 0 Å². The van der Waals surface area contributed by atoms with Crippen LogP contribution in [-0.4, -0.2) is 65.6 Å². The van der Waals surface area contributed by atoms with E-state index in [2.05, 4.69) is 20.4 Å². The highest BCUT2D eigenvalue weighted by Gasteiger charge is 2.09. The van der Waals surface area contributed by atoms with Gasteiger partial charge in [-0.15, -0.1) is 34.2 Å². The van der Waals surface area contributed by atoms with Crippen LogP contribution in [0.2, 0.25) is 0 Å². The highest BCUT2D eigenvalue weighted by molar-refractivity contribution is 14.0. The molecule has 0 atom stereocenters. The fourth-order valence-electron chi connectivity index (χ4n) is 2.49. The van der Waals surface area contributed by atoms with Crippen LogP contribution in [0.4, 0.5) is 0 Å². The topological polar surface area (TPSA) is 76.8 Å². The summed E-state index contributed by atoms with van der Waals surface area (Å²) in [5, 5.41) is 11.7. The van der Waals surface area contributed by atoms with Crippen molar-refractivity contribution in [2.45, 2.75) is 26.8 Å². The van der Waals surface area contributed by atoms with Gasteiger partial charge in [0, 0.05) is 33.9 Å². The summed E-state index contributed by atoms with van der Waals surface area (Å²) < 4.78 is 13.2. The number of rotatable bonds is 11. The van der Waals surface area contributed by atoms with Gasteiger partial charge in [0.2, 0.25) is 0 Å². The number of aryl methyl sites for hydroxylation is 1. The quantitative estimate of drug-likeness (QED) is 0.214. The summed E-state index contributed by atoms with van der Waals surface area (Å²) in [5.74, 6) is 3.39. The maximum atomic E-state index is 5.80. The number of nitrogens with zero attached hydrogens (tertiary/aromatic N) is 5. The fraction of sp³-hybridized carbons (Fsp3) is 0.550. The molecule has 0 saturated carbocycles. The lowest BCUT2D eigenvalue weighted by Crippen LogP contribution is -2.41. The zero-order valence-electron chi connectivity index (χ0n) is 17.8. The summed E-state index contributed by atoms with van der Waals surface area (Å²) in [5.41, 5.74) is 0. The minimum Gasteiger partial charge on any atom is -0.492 e. The van der Waals surface area contributed by atoms with E-state index in [0.29, 0.717) is 19.7 Å². The molecule has 0 spiro atoms. The Bertz CT molecular complexity index is 723. The van der Waals surface area contributed by atoms with Crippen molar-refractivity contribution in [2.24, 2.45) is 12.0 Å². The van der Waals surface area contributed by atoms with Gasteiger partial charge >= 0.3 is 0 Å². The van der Waals surface area contributed by atoms with Gasteiger partial charge in [0.1, 0.15) is 24.7 Å². The van der Waals surface area contributed by atoms with E-state index in [0.717, 1.165) is 49.5 Å². The first-order chi connectivity index (χ1) is 13.6. The van der Waals surface area contributed by atoms with Crippen molar-refractivity contribution in [3.05, 3.63) is 42.0 Å². The lowest BCUT2D eigenvalue weighted by molar-refractivity contribution is 0.145. The number of nitrogens with one attached hydrogen (secondary N) is 1. The Morgan fingerprint density at radius 2 is 1.97 bits per heavy atom. The number of halogens is 1. The minimum atomic E-state index is 0. The molecule has 0 fully saturated rings. The van der Waals surface area contributed by atoms with Crippen LogP contribution >= 0.6 is 24.0 Å². The van der Waals surface area contributed by atoms with Crippen molar-refractivity contribution in [1.29, 1.82) is 0 Å². The second-order valence-electron chi connectivity index (χ2n) is 6.42. The van der Waals surface area contributed by atoms with Crippen LogP contribution in [0.15, 0.2) is 35.3 Å². The summed E-state index contributed by atoms with van der Waals surface area (Å²) in [6.07, 6.45) is 0.921. The highest BCUT2D eigenvalue weighted by atomic mass is 127. The number of aliphatic imine (C=N–C) groups is 1. The van der Waals surface area contributed by atoms with Crippen LogP contribution in [0.1, 0.15) is 25.0 Å². The van der Waals surface area contributed by atoms with E-state index in [1.54, 1.807) is 0 Å². The summed E-state index contributed by atoms with van der Waals surface area (Å²) in [6.45, 7) is 7.95. The molecule has 29 heavy (non-hydrogen) atoms. The van der Waals surface area contributed by atoms with Gasteiger partial charge in [-0.25, -0.2) is 4.99 Å². The summed E-state index contributed by atoms with van der Waals surface area (Å²) in [7, 11) is 3.96. The number of ether oxygens (including phenoxy) is 2. The highest BCUT2D eigenvalue weighted by Crippen LogP contribution is 2.08. The fourth-order valence-corrected chi connectivity index (χ4v) is 2.49. The third-order valence-electron chi connectivity index (χ3n) is 4.31. The van der Waals surface area contributed by atoms with Crippen molar-refractivity contribution >= 4 is 29.9 Å². The van der Waals surface area contributed by atoms with Gasteiger partial charge in [-0.2, -0.15) is 0 Å². The van der Waals surface area contributed by atoms with Crippen molar-refractivity contribution in [3.8, 4) is 5.75 Å². The van der Waals surface area contributed by atoms with Gasteiger partial charge in [-0.05, 0) is 32.4 Å². The smallest absolute Gasteiger partial charge is 0.194 e. The van der Waals surface area contributed by atoms with Crippen molar-refractivity contribution in [3.63, 3.8) is 0 Å². The van der Waals surface area contributed by atoms with Crippen LogP contribution in [0, 0.1) is 6.92 Å². The summed E-state index contributed by atoms with van der Waals surface area (Å²) in [6, 6.07) is 9.82. The van der Waals surface area contributed by atoms with E-state index in [1.807, 2.05) is 62.8 Å². The normalized spacial score (nSPS) is 11.1. The molecular formula is C20H33IN6O2. The maximum Gasteiger partial charge on any atom is 0.194 e. The van der Waals surface area contributed by atoms with Crippen molar-refractivity contribution < 1.29 is 9.47 Å². The molecule has 0 aliphatic carbocycles. The number of guanidine groups is 1. The Kier molecular flexibility index (Phi) is 12.3. The predicted octanol–water partition coefficient (Wildman–Crippen LogP) is 2.62. The average Bonchev–Trinajstić information content (AvgIpc) is 3.03. The molecule has 8 nitrogen and oxygen atoms in total. The molecule has 1 aromatic carbocycles. The van der Waals surface area contributed by atoms with Crippen LogP contribution in [0.25, 0.3) is 0 Å². The van der Waals surface area contributed by atoms with Crippen LogP contribution in [-0.2, 0) is 18.3 Å². The third-order valence-corrected chi connectivity index (χ3v) is 4.31. The summed E-state index contributed by atoms with van der Waals surface area (Å²) in [4.78, 5) is 6.79. The molecule has 0 saturated heterocycles. The van der Waals surface area contributed by atoms with Gasteiger partial charge < -0.3 is 24.3 Å². The molecule has 0 bridgehead atoms. The molecule has 0 unspecified atom stereocenters. The largest absolute Gasteiger partial charge is 0.492 e. The molecule has 9 heteroatoms. The lowest BCUT2D eigenvalue weighted by Gasteiger charge is -2.22. The van der Waals surface area contributed by atoms with Crippen LogP contribution in [0.3, 0.4) is 0 Å². The first-order valence-electron chi connectivity index (χ1n) is 9.71. The molecule has 0 aliphatic rings. The minimum absolute atomic E-state index is 0. The molecular weight excluding hydrogens is 483 g/mol. The van der Waals surface area contributed by atoms with Gasteiger partial charge in [-0.1, -0.05) is 18.2 Å². The van der Waals surface area contributed by atoms with E-state index in [9.17, 15) is 0 Å². The first-order valence-corrected chi connectivity index (χ1v) is 9.71. The van der Waals surface area contributed by atoms with Crippen LogP contribution < -0.4 is 10.1 Å². The van der Waals surface area contributed by atoms with Crippen LogP contribution in [0.5, 0.6) is 5.75 Å². The van der Waals surface area contributed by atoms with E-state index < -0.39 is 0 Å². The average molecular weight is 516 g/mol. The molecule has 1 heterocycles. The van der Waals surface area contributed by atoms with Gasteiger partial charge in [-0.3, -0.25) is 0 Å². The Morgan fingerprint density at radius 1 is 1.21 bits per heavy atom. The van der Waals surface area contributed by atoms with E-state index in [4.69, 9.17) is 14.5 Å². The number of likely N-dealkylation sites (N-methyl/N-ethyl adjacent to an activating group) is 1. The maximum absolute atomic E-state index is 5.80. The predicted molar refractivity (Wildman–Crippen MR) is 126 cm³/mol. The van der Waals surface area contributed by atoms with Crippen molar-refractivity contribution in [2.75, 3.05) is 40.0 Å². The number of aromatic nitrogens is 3. The molecule has 2 aromatic rings. The number of para-hydroxylation sites is 1.